The van der Waals surface area contributed by atoms with Crippen LogP contribution in [0, 0.1) is 11.5 Å². The monoisotopic (exact) mass is 391 g/mol. The van der Waals surface area contributed by atoms with E-state index >= 15 is 0 Å². The molecular weight excluding hydrogens is 362 g/mol. The summed E-state index contributed by atoms with van der Waals surface area (Å²) in [4.78, 5) is 24.1. The number of ether oxygens (including phenoxy) is 2. The first-order chi connectivity index (χ1) is 12.3. The number of methoxy groups -OCH3 is 1. The molecule has 1 rings (SSSR count). The van der Waals surface area contributed by atoms with Crippen molar-refractivity contribution in [3.8, 4) is 17.2 Å². The minimum absolute atomic E-state index is 0.0826. The molecule has 0 unspecified atom stereocenters. The first-order valence-electron chi connectivity index (χ1n) is 8.73. The van der Waals surface area contributed by atoms with Crippen LogP contribution in [-0.4, -0.2) is 44.0 Å². The average molecular weight is 392 g/mol. The number of rotatable bonds is 4. The molecule has 2 N–H and O–H groups in total. The van der Waals surface area contributed by atoms with Gasteiger partial charge in [0.1, 0.15) is 25.5 Å². The number of aromatic hydroxyl groups is 1. The zero-order valence-corrected chi connectivity index (χ0v) is 18.1. The number of phenolic OH excluding ortho intramolecular Hbond substituents is 1. The van der Waals surface area contributed by atoms with Crippen molar-refractivity contribution in [3.63, 3.8) is 0 Å². The fourth-order valence-electron chi connectivity index (χ4n) is 2.09. The van der Waals surface area contributed by atoms with E-state index in [0.29, 0.717) is 5.56 Å². The second kappa shape index (κ2) is 8.96. The molecule has 0 bridgehead atoms. The van der Waals surface area contributed by atoms with Gasteiger partial charge in [-0.15, -0.1) is 5.54 Å². The highest BCUT2D eigenvalue weighted by Gasteiger charge is 2.25. The van der Waals surface area contributed by atoms with Gasteiger partial charge in [0, 0.05) is 6.42 Å². The molecule has 0 saturated heterocycles. The lowest BCUT2D eigenvalue weighted by Crippen LogP contribution is -2.45. The Balaban J connectivity index is 3.03. The summed E-state index contributed by atoms with van der Waals surface area (Å²) in [6, 6.07) is 4.02. The lowest BCUT2D eigenvalue weighted by atomic mass is 10.0. The maximum atomic E-state index is 12.1. The van der Waals surface area contributed by atoms with Gasteiger partial charge in [0.05, 0.1) is 12.7 Å². The molecule has 1 aromatic rings. The van der Waals surface area contributed by atoms with Gasteiger partial charge in [-0.2, -0.15) is 0 Å². The van der Waals surface area contributed by atoms with Gasteiger partial charge in [0.25, 0.3) is 0 Å². The number of benzene rings is 1. The van der Waals surface area contributed by atoms with Gasteiger partial charge >= 0.3 is 12.1 Å². The van der Waals surface area contributed by atoms with Crippen molar-refractivity contribution in [2.24, 2.45) is 0 Å². The van der Waals surface area contributed by atoms with E-state index in [0.717, 1.165) is 5.56 Å². The summed E-state index contributed by atoms with van der Waals surface area (Å²) >= 11 is 0. The third-order valence-electron chi connectivity index (χ3n) is 3.25. The molecule has 0 fully saturated rings. The lowest BCUT2D eigenvalue weighted by Gasteiger charge is -2.22. The molecule has 6 nitrogen and oxygen atoms in total. The van der Waals surface area contributed by atoms with E-state index in [4.69, 9.17) is 9.47 Å². The number of nitrogens with one attached hydrogen (secondary N) is 1. The number of amides is 1. The number of hydrogen-bond acceptors (Lipinski definition) is 5. The highest BCUT2D eigenvalue weighted by Crippen LogP contribution is 2.19. The van der Waals surface area contributed by atoms with Gasteiger partial charge in [-0.3, -0.25) is 0 Å². The Morgan fingerprint density at radius 2 is 1.89 bits per heavy atom. The number of carbonyl (C=O) groups excluding carboxylic acids is 2. The zero-order valence-electron chi connectivity index (χ0n) is 17.1. The molecular formula is C20H29NO5Si. The molecule has 27 heavy (non-hydrogen) atoms. The summed E-state index contributed by atoms with van der Waals surface area (Å²) in [5.74, 6) is 2.52. The largest absolute Gasteiger partial charge is 0.507 e. The van der Waals surface area contributed by atoms with Crippen LogP contribution in [0.2, 0.25) is 19.6 Å². The van der Waals surface area contributed by atoms with Gasteiger partial charge in [0.2, 0.25) is 0 Å². The smallest absolute Gasteiger partial charge is 0.408 e. The van der Waals surface area contributed by atoms with Gasteiger partial charge in [0.15, 0.2) is 0 Å². The molecule has 0 aliphatic heterocycles. The third-order valence-corrected chi connectivity index (χ3v) is 4.12. The molecule has 1 atom stereocenters. The molecule has 148 valence electrons. The molecule has 0 radical (unpaired) electrons. The maximum absolute atomic E-state index is 12.1. The van der Waals surface area contributed by atoms with Gasteiger partial charge in [-0.05, 0) is 38.5 Å². The van der Waals surface area contributed by atoms with E-state index in [1.165, 1.54) is 13.2 Å². The van der Waals surface area contributed by atoms with Crippen LogP contribution in [0.1, 0.15) is 31.9 Å². The number of phenols is 1. The summed E-state index contributed by atoms with van der Waals surface area (Å²) in [6.07, 6.45) is -0.510. The molecule has 0 heterocycles. The second-order valence-corrected chi connectivity index (χ2v) is 13.0. The Morgan fingerprint density at radius 1 is 1.26 bits per heavy atom. The van der Waals surface area contributed by atoms with Crippen LogP contribution in [0.25, 0.3) is 0 Å². The summed E-state index contributed by atoms with van der Waals surface area (Å²) in [6.45, 7) is 11.5. The van der Waals surface area contributed by atoms with Crippen LogP contribution in [0.4, 0.5) is 4.79 Å². The van der Waals surface area contributed by atoms with Gasteiger partial charge in [-0.1, -0.05) is 31.6 Å². The highest BCUT2D eigenvalue weighted by molar-refractivity contribution is 6.83. The molecule has 0 aliphatic rings. The maximum Gasteiger partial charge on any atom is 0.408 e. The quantitative estimate of drug-likeness (QED) is 0.468. The zero-order chi connectivity index (χ0) is 20.8. The van der Waals surface area contributed by atoms with E-state index in [1.54, 1.807) is 32.9 Å². The highest BCUT2D eigenvalue weighted by atomic mass is 28.3. The molecule has 7 heteroatoms. The van der Waals surface area contributed by atoms with Crippen molar-refractivity contribution in [2.45, 2.75) is 58.5 Å². The fourth-order valence-corrected chi connectivity index (χ4v) is 2.60. The predicted molar refractivity (Wildman–Crippen MR) is 107 cm³/mol. The predicted octanol–water partition coefficient (Wildman–Crippen LogP) is 3.23. The molecule has 0 aromatic heterocycles. The van der Waals surface area contributed by atoms with E-state index in [1.807, 2.05) is 0 Å². The van der Waals surface area contributed by atoms with Gasteiger partial charge < -0.3 is 19.9 Å². The first kappa shape index (κ1) is 22.6. The molecule has 0 aliphatic carbocycles. The normalized spacial score (nSPS) is 12.4. The van der Waals surface area contributed by atoms with Crippen LogP contribution in [-0.2, 0) is 20.7 Å². The number of esters is 1. The Labute approximate surface area is 162 Å². The average Bonchev–Trinajstić information content (AvgIpc) is 2.51. The van der Waals surface area contributed by atoms with E-state index in [2.05, 4.69) is 36.4 Å². The van der Waals surface area contributed by atoms with Gasteiger partial charge in [-0.25, -0.2) is 9.59 Å². The Kier molecular flexibility index (Phi) is 7.49. The van der Waals surface area contributed by atoms with Crippen LogP contribution in [0.3, 0.4) is 0 Å². The van der Waals surface area contributed by atoms with Crippen LogP contribution >= 0.6 is 0 Å². The molecule has 0 spiro atoms. The third kappa shape index (κ3) is 8.64. The number of alkyl carbamates (subject to hydrolysis) is 1. The minimum Gasteiger partial charge on any atom is -0.507 e. The summed E-state index contributed by atoms with van der Waals surface area (Å²) < 4.78 is 9.98. The molecule has 1 aromatic carbocycles. The Bertz CT molecular complexity index is 750. The summed E-state index contributed by atoms with van der Waals surface area (Å²) in [5.41, 5.74) is 3.75. The standard InChI is InChI=1S/C20H29NO5Si/c1-20(2,3)26-19(24)21-16(18(23)25-4)13-14-8-9-17(22)15(12-14)10-11-27(5,6)7/h8-9,12,16,22H,13H2,1-7H3,(H,21,24)/t16-/m0/s1. The topological polar surface area (TPSA) is 84.9 Å². The van der Waals surface area contributed by atoms with Crippen molar-refractivity contribution in [2.75, 3.05) is 7.11 Å². The lowest BCUT2D eigenvalue weighted by molar-refractivity contribution is -0.143. The van der Waals surface area contributed by atoms with Crippen molar-refractivity contribution >= 4 is 20.1 Å². The number of hydrogen-bond donors (Lipinski definition) is 2. The van der Waals surface area contributed by atoms with E-state index in [9.17, 15) is 14.7 Å². The van der Waals surface area contributed by atoms with Crippen LogP contribution in [0.15, 0.2) is 18.2 Å². The van der Waals surface area contributed by atoms with Crippen molar-refractivity contribution in [1.82, 2.24) is 5.32 Å². The van der Waals surface area contributed by atoms with Crippen molar-refractivity contribution in [1.29, 1.82) is 0 Å². The van der Waals surface area contributed by atoms with Crippen LogP contribution in [0.5, 0.6) is 5.75 Å². The number of carbonyl (C=O) groups is 2. The van der Waals surface area contributed by atoms with Crippen LogP contribution < -0.4 is 5.32 Å². The molecule has 0 saturated carbocycles. The van der Waals surface area contributed by atoms with E-state index < -0.39 is 31.8 Å². The summed E-state index contributed by atoms with van der Waals surface area (Å²) in [5, 5.41) is 12.6. The van der Waals surface area contributed by atoms with E-state index in [-0.39, 0.29) is 12.2 Å². The summed E-state index contributed by atoms with van der Waals surface area (Å²) in [7, 11) is -0.343. The first-order valence-corrected chi connectivity index (χ1v) is 12.2. The minimum atomic E-state index is -1.60. The fraction of sp³-hybridized carbons (Fsp3) is 0.500. The SMILES string of the molecule is COC(=O)[C@H](Cc1ccc(O)c(C#C[Si](C)(C)C)c1)NC(=O)OC(C)(C)C. The van der Waals surface area contributed by atoms with Crippen molar-refractivity contribution < 1.29 is 24.2 Å². The Hall–Kier alpha value is -2.46. The van der Waals surface area contributed by atoms with Crippen molar-refractivity contribution in [3.05, 3.63) is 29.3 Å². The Morgan fingerprint density at radius 3 is 2.41 bits per heavy atom. The molecule has 1 amide bonds. The second-order valence-electron chi connectivity index (χ2n) is 8.28.